The zero-order valence-electron chi connectivity index (χ0n) is 18.5. The summed E-state index contributed by atoms with van der Waals surface area (Å²) in [7, 11) is 0. The fourth-order valence-corrected chi connectivity index (χ4v) is 3.82. The second kappa shape index (κ2) is 10.1. The maximum Gasteiger partial charge on any atom is 0.326 e. The molecule has 1 unspecified atom stereocenters. The number of halogens is 1. The molecule has 0 aliphatic carbocycles. The van der Waals surface area contributed by atoms with Crippen molar-refractivity contribution >= 4 is 28.6 Å². The third kappa shape index (κ3) is 4.73. The average Bonchev–Trinajstić information content (AvgIpc) is 3.30. The largest absolute Gasteiger partial charge is 0.448 e. The van der Waals surface area contributed by atoms with Crippen LogP contribution >= 0.6 is 0 Å². The van der Waals surface area contributed by atoms with Crippen LogP contribution in [0.4, 0.5) is 4.39 Å². The first kappa shape index (κ1) is 22.9. The van der Waals surface area contributed by atoms with Gasteiger partial charge in [-0.25, -0.2) is 4.39 Å². The second-order valence-electron chi connectivity index (χ2n) is 7.70. The summed E-state index contributed by atoms with van der Waals surface area (Å²) in [6.07, 6.45) is 1.21. The van der Waals surface area contributed by atoms with E-state index in [9.17, 15) is 18.8 Å². The number of benzene rings is 3. The molecule has 0 spiro atoms. The van der Waals surface area contributed by atoms with E-state index in [1.807, 2.05) is 25.1 Å². The second-order valence-corrected chi connectivity index (χ2v) is 7.70. The van der Waals surface area contributed by atoms with Gasteiger partial charge in [-0.05, 0) is 24.1 Å². The maximum absolute atomic E-state index is 13.8. The van der Waals surface area contributed by atoms with Crippen LogP contribution in [0.5, 0.6) is 0 Å². The quantitative estimate of drug-likeness (QED) is 0.294. The lowest BCUT2D eigenvalue weighted by Gasteiger charge is -2.17. The number of para-hydroxylation sites is 1. The van der Waals surface area contributed by atoms with Gasteiger partial charge in [-0.2, -0.15) is 0 Å². The van der Waals surface area contributed by atoms with Gasteiger partial charge in [0.05, 0.1) is 5.56 Å². The van der Waals surface area contributed by atoms with Crippen molar-refractivity contribution in [1.82, 2.24) is 10.3 Å². The summed E-state index contributed by atoms with van der Waals surface area (Å²) in [5.74, 6) is -2.65. The van der Waals surface area contributed by atoms with Crippen molar-refractivity contribution in [3.8, 4) is 0 Å². The first-order valence-electron chi connectivity index (χ1n) is 10.9. The van der Waals surface area contributed by atoms with E-state index in [2.05, 4.69) is 10.3 Å². The predicted molar refractivity (Wildman–Crippen MR) is 126 cm³/mol. The number of carbonyl (C=O) groups is 3. The van der Waals surface area contributed by atoms with Crippen LogP contribution in [0.3, 0.4) is 0 Å². The first-order valence-corrected chi connectivity index (χ1v) is 10.9. The van der Waals surface area contributed by atoms with E-state index in [0.717, 1.165) is 29.0 Å². The molecular weight excluding hydrogens is 435 g/mol. The molecule has 4 aromatic rings. The van der Waals surface area contributed by atoms with E-state index >= 15 is 0 Å². The lowest BCUT2D eigenvalue weighted by molar-refractivity contribution is -0.146. The number of aromatic nitrogens is 1. The van der Waals surface area contributed by atoms with Crippen molar-refractivity contribution < 1.29 is 23.5 Å². The number of fused-ring (bicyclic) bond motifs is 1. The van der Waals surface area contributed by atoms with Crippen molar-refractivity contribution in [3.05, 3.63) is 107 Å². The molecule has 1 heterocycles. The van der Waals surface area contributed by atoms with Crippen LogP contribution in [0.2, 0.25) is 0 Å². The summed E-state index contributed by atoms with van der Waals surface area (Å²) in [5.41, 5.74) is 2.66. The van der Waals surface area contributed by atoms with E-state index in [-0.39, 0.29) is 11.3 Å². The highest BCUT2D eigenvalue weighted by Gasteiger charge is 2.28. The minimum atomic E-state index is -1.21. The van der Waals surface area contributed by atoms with E-state index in [1.165, 1.54) is 18.2 Å². The first-order chi connectivity index (χ1) is 16.5. The van der Waals surface area contributed by atoms with Crippen molar-refractivity contribution in [2.45, 2.75) is 19.4 Å². The van der Waals surface area contributed by atoms with Crippen molar-refractivity contribution in [1.29, 1.82) is 0 Å². The van der Waals surface area contributed by atoms with E-state index < -0.39 is 30.3 Å². The molecule has 0 fully saturated rings. The standard InChI is InChI=1S/C27H23FN2O4/c1-2-17-11-8-13-19-21(15-29-24(17)19)25(32)26(18-9-4-3-5-10-18)34-23(31)16-30-27(33)20-12-6-7-14-22(20)28/h3-15,26,29H,2,16H2,1H3,(H,30,33). The summed E-state index contributed by atoms with van der Waals surface area (Å²) in [6, 6.07) is 19.8. The van der Waals surface area contributed by atoms with Gasteiger partial charge >= 0.3 is 5.97 Å². The normalized spacial score (nSPS) is 11.7. The smallest absolute Gasteiger partial charge is 0.326 e. The van der Waals surface area contributed by atoms with Crippen LogP contribution in [0.25, 0.3) is 10.9 Å². The van der Waals surface area contributed by atoms with Crippen LogP contribution in [-0.2, 0) is 16.0 Å². The van der Waals surface area contributed by atoms with Gasteiger partial charge in [-0.3, -0.25) is 14.4 Å². The number of hydrogen-bond acceptors (Lipinski definition) is 4. The van der Waals surface area contributed by atoms with Crippen LogP contribution in [0.1, 0.15) is 44.9 Å². The number of aryl methyl sites for hydroxylation is 1. The molecule has 0 bridgehead atoms. The Morgan fingerprint density at radius 1 is 0.941 bits per heavy atom. The summed E-state index contributed by atoms with van der Waals surface area (Å²) < 4.78 is 19.3. The fraction of sp³-hybridized carbons (Fsp3) is 0.148. The van der Waals surface area contributed by atoms with E-state index in [1.54, 1.807) is 36.5 Å². The van der Waals surface area contributed by atoms with Gasteiger partial charge in [0.1, 0.15) is 12.4 Å². The molecular formula is C27H23FN2O4. The lowest BCUT2D eigenvalue weighted by atomic mass is 9.98. The number of ketones is 1. The third-order valence-electron chi connectivity index (χ3n) is 5.55. The van der Waals surface area contributed by atoms with Gasteiger partial charge in [0.15, 0.2) is 6.10 Å². The van der Waals surface area contributed by atoms with Gasteiger partial charge in [-0.15, -0.1) is 0 Å². The maximum atomic E-state index is 13.8. The summed E-state index contributed by atoms with van der Waals surface area (Å²) in [5, 5.41) is 3.09. The van der Waals surface area contributed by atoms with Gasteiger partial charge in [0.25, 0.3) is 5.91 Å². The number of hydrogen-bond donors (Lipinski definition) is 2. The molecule has 34 heavy (non-hydrogen) atoms. The molecule has 6 nitrogen and oxygen atoms in total. The fourth-order valence-electron chi connectivity index (χ4n) is 3.82. The highest BCUT2D eigenvalue weighted by Crippen LogP contribution is 2.29. The third-order valence-corrected chi connectivity index (χ3v) is 5.55. The molecule has 1 amide bonds. The average molecular weight is 458 g/mol. The number of amides is 1. The van der Waals surface area contributed by atoms with Crippen molar-refractivity contribution in [3.63, 3.8) is 0 Å². The molecule has 1 atom stereocenters. The van der Waals surface area contributed by atoms with E-state index in [0.29, 0.717) is 11.1 Å². The Labute approximate surface area is 195 Å². The van der Waals surface area contributed by atoms with Crippen LogP contribution in [0, 0.1) is 5.82 Å². The molecule has 4 rings (SSSR count). The summed E-state index contributed by atoms with van der Waals surface area (Å²) in [4.78, 5) is 41.5. The topological polar surface area (TPSA) is 88.3 Å². The Morgan fingerprint density at radius 3 is 2.41 bits per heavy atom. The number of carbonyl (C=O) groups excluding carboxylic acids is 3. The summed E-state index contributed by atoms with van der Waals surface area (Å²) >= 11 is 0. The van der Waals surface area contributed by atoms with Gasteiger partial charge in [-0.1, -0.05) is 67.6 Å². The highest BCUT2D eigenvalue weighted by atomic mass is 19.1. The zero-order chi connectivity index (χ0) is 24.1. The van der Waals surface area contributed by atoms with Crippen LogP contribution in [0.15, 0.2) is 79.0 Å². The molecule has 0 radical (unpaired) electrons. The van der Waals surface area contributed by atoms with E-state index in [4.69, 9.17) is 4.74 Å². The monoisotopic (exact) mass is 458 g/mol. The minimum absolute atomic E-state index is 0.184. The van der Waals surface area contributed by atoms with Crippen molar-refractivity contribution in [2.24, 2.45) is 0 Å². The Kier molecular flexibility index (Phi) is 6.82. The van der Waals surface area contributed by atoms with Crippen LogP contribution < -0.4 is 5.32 Å². The summed E-state index contributed by atoms with van der Waals surface area (Å²) in [6.45, 7) is 1.51. The number of nitrogens with one attached hydrogen (secondary N) is 2. The molecule has 0 saturated heterocycles. The predicted octanol–water partition coefficient (Wildman–Crippen LogP) is 4.77. The molecule has 2 N–H and O–H groups in total. The number of aromatic amines is 1. The molecule has 7 heteroatoms. The van der Waals surface area contributed by atoms with Gasteiger partial charge < -0.3 is 15.0 Å². The molecule has 0 aliphatic heterocycles. The van der Waals surface area contributed by atoms with Gasteiger partial charge in [0, 0.05) is 28.2 Å². The SMILES string of the molecule is CCc1cccc2c(C(=O)C(OC(=O)CNC(=O)c3ccccc3F)c3ccccc3)c[nH]c12. The number of H-pyrrole nitrogens is 1. The molecule has 0 aliphatic rings. The number of esters is 1. The lowest BCUT2D eigenvalue weighted by Crippen LogP contribution is -2.33. The molecule has 1 aromatic heterocycles. The minimum Gasteiger partial charge on any atom is -0.448 e. The Hall–Kier alpha value is -4.26. The molecule has 3 aromatic carbocycles. The zero-order valence-corrected chi connectivity index (χ0v) is 18.5. The van der Waals surface area contributed by atoms with Gasteiger partial charge in [0.2, 0.25) is 5.78 Å². The highest BCUT2D eigenvalue weighted by molar-refractivity contribution is 6.11. The number of ether oxygens (including phenoxy) is 1. The number of rotatable bonds is 8. The Morgan fingerprint density at radius 2 is 1.68 bits per heavy atom. The Balaban J connectivity index is 1.55. The van der Waals surface area contributed by atoms with Crippen molar-refractivity contribution in [2.75, 3.05) is 6.54 Å². The molecule has 172 valence electrons. The Bertz CT molecular complexity index is 1350. The molecule has 0 saturated carbocycles. The number of Topliss-reactive ketones (excluding diaryl/α,β-unsaturated/α-hetero) is 1. The van der Waals surface area contributed by atoms with Crippen LogP contribution in [-0.4, -0.2) is 29.2 Å².